The van der Waals surface area contributed by atoms with E-state index in [0.29, 0.717) is 0 Å². The Balaban J connectivity index is 3.56. The van der Waals surface area contributed by atoms with Gasteiger partial charge in [0.25, 0.3) is 0 Å². The van der Waals surface area contributed by atoms with Crippen molar-refractivity contribution >= 4 is 13.6 Å². The second-order valence-corrected chi connectivity index (χ2v) is 13.6. The summed E-state index contributed by atoms with van der Waals surface area (Å²) in [7, 11) is 0. The minimum atomic E-state index is -1.94. The average molecular weight is 207 g/mol. The molecule has 0 aromatic carbocycles. The molecule has 0 aliphatic carbocycles. The molecular weight excluding hydrogens is 189 g/mol. The third-order valence-electron chi connectivity index (χ3n) is 0.542. The van der Waals surface area contributed by atoms with Crippen LogP contribution in [-0.4, -0.2) is 19.2 Å². The van der Waals surface area contributed by atoms with Gasteiger partial charge in [0.2, 0.25) is 0 Å². The van der Waals surface area contributed by atoms with Gasteiger partial charge in [0, 0.05) is 0 Å². The fraction of sp³-hybridized carbons (Fsp3) is 1.00. The Morgan fingerprint density at radius 2 is 1.40 bits per heavy atom. The molecule has 0 aliphatic rings. The van der Waals surface area contributed by atoms with Crippen LogP contribution in [0, 0.1) is 0 Å². The van der Waals surface area contributed by atoms with Crippen LogP contribution in [0.15, 0.2) is 0 Å². The van der Waals surface area contributed by atoms with Crippen molar-refractivity contribution in [1.29, 1.82) is 0 Å². The van der Waals surface area contributed by atoms with Gasteiger partial charge in [-0.25, -0.2) is 0 Å². The maximum absolute atomic E-state index is 5.28. The normalized spacial score (nSPS) is 13.8. The zero-order chi connectivity index (χ0) is 8.41. The van der Waals surface area contributed by atoms with Crippen molar-refractivity contribution in [3.05, 3.63) is 0 Å². The van der Waals surface area contributed by atoms with Gasteiger partial charge in [-0.1, -0.05) is 0 Å². The van der Waals surface area contributed by atoms with Crippen molar-refractivity contribution in [3.8, 4) is 0 Å². The van der Waals surface area contributed by atoms with E-state index in [1.165, 1.54) is 0 Å². The van der Waals surface area contributed by atoms with Gasteiger partial charge in [-0.05, 0) is 0 Å². The molecule has 0 radical (unpaired) electrons. The topological polar surface area (TPSA) is 18.5 Å². The number of hydrogen-bond donors (Lipinski definition) is 0. The predicted molar refractivity (Wildman–Crippen MR) is 45.3 cm³/mol. The van der Waals surface area contributed by atoms with Gasteiger partial charge in [-0.3, -0.25) is 0 Å². The van der Waals surface area contributed by atoms with Gasteiger partial charge in [0.1, 0.15) is 0 Å². The van der Waals surface area contributed by atoms with Crippen LogP contribution in [0.4, 0.5) is 0 Å². The van der Waals surface area contributed by atoms with E-state index in [1.54, 1.807) is 0 Å². The Labute approximate surface area is 66.5 Å². The monoisotopic (exact) mass is 208 g/mol. The molecule has 0 bridgehead atoms. The molecule has 0 amide bonds. The molecule has 10 heavy (non-hydrogen) atoms. The van der Waals surface area contributed by atoms with Crippen LogP contribution in [0.25, 0.3) is 0 Å². The Hall–Kier alpha value is 0.463. The van der Waals surface area contributed by atoms with Crippen LogP contribution in [0.1, 0.15) is 20.8 Å². The van der Waals surface area contributed by atoms with Gasteiger partial charge >= 0.3 is 66.0 Å². The molecule has 0 rings (SSSR count). The second kappa shape index (κ2) is 3.24. The van der Waals surface area contributed by atoms with Gasteiger partial charge in [-0.15, -0.1) is 0 Å². The fourth-order valence-electron chi connectivity index (χ4n) is 0.250. The van der Waals surface area contributed by atoms with Crippen LogP contribution < -0.4 is 0 Å². The Bertz CT molecular complexity index is 85.2. The first-order valence-electron chi connectivity index (χ1n) is 3.57. The first-order chi connectivity index (χ1) is 4.21. The molecule has 0 unspecified atom stereocenters. The molecule has 0 aromatic rings. The Kier molecular flexibility index (Phi) is 3.39. The van der Waals surface area contributed by atoms with E-state index in [2.05, 4.69) is 17.3 Å². The average Bonchev–Trinajstić information content (AvgIpc) is 1.57. The summed E-state index contributed by atoms with van der Waals surface area (Å²) in [4.78, 5) is 5.18. The molecule has 0 aliphatic heterocycles. The first-order valence-corrected chi connectivity index (χ1v) is 10.7. The van der Waals surface area contributed by atoms with Crippen LogP contribution in [0.3, 0.4) is 0 Å². The van der Waals surface area contributed by atoms with Crippen LogP contribution in [-0.2, 0) is 8.80 Å². The van der Waals surface area contributed by atoms with Crippen LogP contribution >= 0.6 is 0 Å². The third kappa shape index (κ3) is 8.46. The summed E-state index contributed by atoms with van der Waals surface area (Å²) < 4.78 is 5.28. The summed E-state index contributed by atoms with van der Waals surface area (Å²) in [5.41, 5.74) is -0.168. The van der Waals surface area contributed by atoms with E-state index >= 15 is 0 Å². The molecule has 0 heterocycles. The quantitative estimate of drug-likeness (QED) is 0.393. The van der Waals surface area contributed by atoms with Crippen molar-refractivity contribution < 1.29 is 8.80 Å². The van der Waals surface area contributed by atoms with Gasteiger partial charge in [0.05, 0.1) is 0 Å². The summed E-state index contributed by atoms with van der Waals surface area (Å²) in [5, 5.41) is 0. The van der Waals surface area contributed by atoms with Crippen molar-refractivity contribution in [2.75, 3.05) is 0 Å². The summed E-state index contributed by atoms with van der Waals surface area (Å²) in [6.07, 6.45) is 0. The summed E-state index contributed by atoms with van der Waals surface area (Å²) in [6.45, 7) is 5.96. The van der Waals surface area contributed by atoms with Crippen molar-refractivity contribution in [2.24, 2.45) is 0 Å². The molecule has 0 spiro atoms. The number of hydrogen-bond acceptors (Lipinski definition) is 2. The third-order valence-corrected chi connectivity index (χ3v) is 1.77. The summed E-state index contributed by atoms with van der Waals surface area (Å²) >= 11 is -1.94. The zero-order valence-electron chi connectivity index (χ0n) is 7.82. The standard InChI is InChI=1S/C7H18GeO2/c1-7(2,3)9-10-8(4,5)6/h1-6H3. The van der Waals surface area contributed by atoms with E-state index < -0.39 is 13.6 Å². The molecule has 0 fully saturated rings. The Morgan fingerprint density at radius 1 is 1.00 bits per heavy atom. The molecule has 0 saturated heterocycles. The van der Waals surface area contributed by atoms with Gasteiger partial charge in [0.15, 0.2) is 0 Å². The summed E-state index contributed by atoms with van der Waals surface area (Å²) in [6, 6.07) is 0. The van der Waals surface area contributed by atoms with E-state index in [9.17, 15) is 0 Å². The van der Waals surface area contributed by atoms with Crippen LogP contribution in [0.2, 0.25) is 17.3 Å². The first kappa shape index (κ1) is 10.5. The van der Waals surface area contributed by atoms with Crippen LogP contribution in [0.5, 0.6) is 0 Å². The molecule has 62 valence electrons. The van der Waals surface area contributed by atoms with E-state index in [-0.39, 0.29) is 5.60 Å². The zero-order valence-corrected chi connectivity index (χ0v) is 9.91. The Morgan fingerprint density at radius 3 is 1.50 bits per heavy atom. The van der Waals surface area contributed by atoms with Crippen molar-refractivity contribution in [1.82, 2.24) is 0 Å². The van der Waals surface area contributed by atoms with E-state index in [4.69, 9.17) is 8.80 Å². The SMILES string of the molecule is CC(C)(C)O[O][Ge]([CH3])([CH3])[CH3]. The number of rotatable bonds is 2. The van der Waals surface area contributed by atoms with Gasteiger partial charge < -0.3 is 0 Å². The summed E-state index contributed by atoms with van der Waals surface area (Å²) in [5.74, 6) is 6.43. The molecule has 0 N–H and O–H groups in total. The van der Waals surface area contributed by atoms with E-state index in [1.807, 2.05) is 20.8 Å². The van der Waals surface area contributed by atoms with Crippen molar-refractivity contribution in [3.63, 3.8) is 0 Å². The predicted octanol–water partition coefficient (Wildman–Crippen LogP) is 2.57. The van der Waals surface area contributed by atoms with E-state index in [0.717, 1.165) is 0 Å². The molecule has 0 atom stereocenters. The molecule has 3 heteroatoms. The molecule has 0 aromatic heterocycles. The molecule has 0 saturated carbocycles. The fourth-order valence-corrected chi connectivity index (χ4v) is 1.30. The molecular formula is C7H18GeO2. The van der Waals surface area contributed by atoms with Gasteiger partial charge in [-0.2, -0.15) is 0 Å². The minimum absolute atomic E-state index is 0.168. The maximum atomic E-state index is 5.28. The van der Waals surface area contributed by atoms with Crippen molar-refractivity contribution in [2.45, 2.75) is 43.6 Å². The molecule has 2 nitrogen and oxygen atoms in total. The second-order valence-electron chi connectivity index (χ2n) is 4.39.